The van der Waals surface area contributed by atoms with Gasteiger partial charge < -0.3 is 5.21 Å². The second-order valence-corrected chi connectivity index (χ2v) is 2.69. The van der Waals surface area contributed by atoms with Crippen LogP contribution in [0.1, 0.15) is 20.3 Å². The number of carbonyl (C=O) groups excluding carboxylic acids is 2. The van der Waals surface area contributed by atoms with Gasteiger partial charge in [-0.15, -0.1) is 5.53 Å². The van der Waals surface area contributed by atoms with Crippen LogP contribution in [-0.4, -0.2) is 24.7 Å². The van der Waals surface area contributed by atoms with E-state index in [-0.39, 0.29) is 16.7 Å². The van der Waals surface area contributed by atoms with Crippen molar-refractivity contribution in [3.8, 4) is 0 Å². The van der Waals surface area contributed by atoms with Crippen molar-refractivity contribution >= 4 is 11.6 Å². The van der Waals surface area contributed by atoms with Crippen LogP contribution in [0, 0.1) is 5.21 Å². The fraction of sp³-hybridized carbons (Fsp3) is 0.714. The van der Waals surface area contributed by atoms with Gasteiger partial charge in [0.2, 0.25) is 0 Å². The molecule has 0 radical (unpaired) electrons. The first kappa shape index (κ1) is 12.2. The van der Waals surface area contributed by atoms with Crippen LogP contribution in [-0.2, 0) is 9.59 Å². The van der Waals surface area contributed by atoms with E-state index in [1.54, 1.807) is 0 Å². The van der Waals surface area contributed by atoms with Crippen molar-refractivity contribution in [2.45, 2.75) is 20.3 Å². The summed E-state index contributed by atoms with van der Waals surface area (Å²) >= 11 is 0. The second-order valence-electron chi connectivity index (χ2n) is 2.69. The Labute approximate surface area is 76.8 Å². The van der Waals surface area contributed by atoms with Crippen molar-refractivity contribution in [1.82, 2.24) is 11.0 Å². The van der Waals surface area contributed by atoms with E-state index in [4.69, 9.17) is 0 Å². The first-order valence-corrected chi connectivity index (χ1v) is 4.07. The molecule has 3 N–H and O–H groups in total. The summed E-state index contributed by atoms with van der Waals surface area (Å²) in [4.78, 5) is 19.6. The molecule has 1 atom stereocenters. The van der Waals surface area contributed by atoms with E-state index in [1.807, 2.05) is 0 Å². The molecule has 0 bridgehead atoms. The lowest BCUT2D eigenvalue weighted by Gasteiger charge is -2.26. The molecule has 13 heavy (non-hydrogen) atoms. The van der Waals surface area contributed by atoms with Crippen LogP contribution in [0.15, 0.2) is 0 Å². The van der Waals surface area contributed by atoms with Crippen molar-refractivity contribution in [3.05, 3.63) is 5.21 Å². The van der Waals surface area contributed by atoms with Crippen LogP contribution in [0.4, 0.5) is 0 Å². The minimum atomic E-state index is -0.380. The van der Waals surface area contributed by atoms with E-state index in [9.17, 15) is 14.8 Å². The highest BCUT2D eigenvalue weighted by Crippen LogP contribution is 1.67. The molecule has 0 aromatic heterocycles. The lowest BCUT2D eigenvalue weighted by atomic mass is 10.3. The molecule has 0 saturated carbocycles. The zero-order valence-corrected chi connectivity index (χ0v) is 7.85. The van der Waals surface area contributed by atoms with Crippen molar-refractivity contribution < 1.29 is 14.8 Å². The number of hydrazine groups is 1. The lowest BCUT2D eigenvalue weighted by molar-refractivity contribution is -0.907. The molecule has 1 saturated heterocycles. The Morgan fingerprint density at radius 2 is 1.85 bits per heavy atom. The minimum absolute atomic E-state index is 0.103. The molecule has 6 heteroatoms. The molecule has 76 valence electrons. The SMILES string of the molecule is CC(=O)C(C)=O.[O-][NH+]1CCCNN1. The molecule has 1 aliphatic rings. The average molecular weight is 189 g/mol. The highest BCUT2D eigenvalue weighted by molar-refractivity contribution is 6.35. The Hall–Kier alpha value is -0.820. The molecule has 6 nitrogen and oxygen atoms in total. The molecular formula is C7H15N3O3. The van der Waals surface area contributed by atoms with Crippen LogP contribution < -0.4 is 16.1 Å². The molecule has 1 fully saturated rings. The number of Topliss-reactive ketones (excluding diaryl/α,β-unsaturated/α-hetero) is 2. The molecule has 0 spiro atoms. The molecular weight excluding hydrogens is 174 g/mol. The number of nitrogens with one attached hydrogen (secondary N) is 3. The van der Waals surface area contributed by atoms with E-state index in [1.165, 1.54) is 13.8 Å². The Balaban J connectivity index is 0.000000226. The predicted octanol–water partition coefficient (Wildman–Crippen LogP) is -2.05. The topological polar surface area (TPSA) is 85.7 Å². The van der Waals surface area contributed by atoms with Crippen molar-refractivity contribution in [1.29, 1.82) is 0 Å². The largest absolute Gasteiger partial charge is 0.612 e. The van der Waals surface area contributed by atoms with Gasteiger partial charge in [-0.25, -0.2) is 5.43 Å². The zero-order valence-electron chi connectivity index (χ0n) is 7.85. The Morgan fingerprint density at radius 1 is 1.31 bits per heavy atom. The molecule has 0 amide bonds. The molecule has 0 aliphatic carbocycles. The lowest BCUT2D eigenvalue weighted by Crippen LogP contribution is -3.17. The van der Waals surface area contributed by atoms with Gasteiger partial charge in [0.15, 0.2) is 11.6 Å². The number of carbonyl (C=O) groups is 2. The summed E-state index contributed by atoms with van der Waals surface area (Å²) in [7, 11) is 0. The summed E-state index contributed by atoms with van der Waals surface area (Å²) < 4.78 is 0. The van der Waals surface area contributed by atoms with Crippen molar-refractivity contribution in [2.24, 2.45) is 0 Å². The average Bonchev–Trinajstić information content (AvgIpc) is 2.06. The quantitative estimate of drug-likeness (QED) is 0.326. The number of ketones is 2. The molecule has 0 aromatic carbocycles. The molecule has 1 unspecified atom stereocenters. The fourth-order valence-electron chi connectivity index (χ4n) is 0.561. The number of hydrogen-bond donors (Lipinski definition) is 3. The smallest absolute Gasteiger partial charge is 0.195 e. The standard InChI is InChI=1S/C4H6O2.C3H9N3O/c1-3(5)4(2)6;7-6-3-1-2-4-5-6/h1-2H3;4-6H,1-3H2. The predicted molar refractivity (Wildman–Crippen MR) is 46.3 cm³/mol. The van der Waals surface area contributed by atoms with Crippen LogP contribution in [0.5, 0.6) is 0 Å². The van der Waals surface area contributed by atoms with Crippen molar-refractivity contribution in [2.75, 3.05) is 13.1 Å². The maximum absolute atomic E-state index is 10.3. The summed E-state index contributed by atoms with van der Waals surface area (Å²) in [6, 6.07) is 0. The normalized spacial score (nSPS) is 21.3. The summed E-state index contributed by atoms with van der Waals surface area (Å²) in [5, 5.41) is 10.4. The van der Waals surface area contributed by atoms with Crippen molar-refractivity contribution in [3.63, 3.8) is 0 Å². The van der Waals surface area contributed by atoms with E-state index >= 15 is 0 Å². The highest BCUT2D eigenvalue weighted by Gasteiger charge is 2.00. The van der Waals surface area contributed by atoms with Crippen LogP contribution in [0.3, 0.4) is 0 Å². The Bertz CT molecular complexity index is 166. The molecule has 1 heterocycles. The van der Waals surface area contributed by atoms with Gasteiger partial charge in [0.25, 0.3) is 0 Å². The van der Waals surface area contributed by atoms with Crippen LogP contribution in [0.2, 0.25) is 0 Å². The molecule has 1 aliphatic heterocycles. The van der Waals surface area contributed by atoms with Crippen LogP contribution >= 0.6 is 0 Å². The van der Waals surface area contributed by atoms with Gasteiger partial charge in [0, 0.05) is 26.8 Å². The Morgan fingerprint density at radius 3 is 2.00 bits per heavy atom. The first-order valence-electron chi connectivity index (χ1n) is 4.07. The fourth-order valence-corrected chi connectivity index (χ4v) is 0.561. The van der Waals surface area contributed by atoms with Gasteiger partial charge in [-0.05, 0) is 0 Å². The Kier molecular flexibility index (Phi) is 6.25. The van der Waals surface area contributed by atoms with Crippen LogP contribution in [0.25, 0.3) is 0 Å². The number of hydrogen-bond acceptors (Lipinski definition) is 5. The second kappa shape index (κ2) is 6.67. The third-order valence-electron chi connectivity index (χ3n) is 1.43. The first-order chi connectivity index (χ1) is 6.04. The van der Waals surface area contributed by atoms with Gasteiger partial charge in [-0.3, -0.25) is 14.8 Å². The number of quaternary nitrogens is 1. The van der Waals surface area contributed by atoms with Gasteiger partial charge >= 0.3 is 0 Å². The maximum Gasteiger partial charge on any atom is 0.195 e. The summed E-state index contributed by atoms with van der Waals surface area (Å²) in [5.74, 6) is -0.759. The zero-order chi connectivity index (χ0) is 10.3. The third kappa shape index (κ3) is 7.54. The van der Waals surface area contributed by atoms with E-state index in [0.717, 1.165) is 13.0 Å². The molecule has 1 rings (SSSR count). The number of hydroxylamine groups is 1. The summed E-state index contributed by atoms with van der Waals surface area (Å²) in [6.45, 7) is 4.09. The summed E-state index contributed by atoms with van der Waals surface area (Å²) in [5.41, 5.74) is 5.23. The molecule has 0 aromatic rings. The minimum Gasteiger partial charge on any atom is -0.612 e. The summed E-state index contributed by atoms with van der Waals surface area (Å²) in [6.07, 6.45) is 0.964. The monoisotopic (exact) mass is 189 g/mol. The van der Waals surface area contributed by atoms with Gasteiger partial charge in [-0.1, -0.05) is 0 Å². The van der Waals surface area contributed by atoms with Gasteiger partial charge in [-0.2, -0.15) is 0 Å². The number of rotatable bonds is 1. The highest BCUT2D eigenvalue weighted by atomic mass is 16.5. The van der Waals surface area contributed by atoms with E-state index in [0.29, 0.717) is 6.54 Å². The van der Waals surface area contributed by atoms with Gasteiger partial charge in [0.1, 0.15) is 0 Å². The van der Waals surface area contributed by atoms with Gasteiger partial charge in [0.05, 0.1) is 6.54 Å². The maximum atomic E-state index is 10.3. The third-order valence-corrected chi connectivity index (χ3v) is 1.43. The van der Waals surface area contributed by atoms with E-state index < -0.39 is 0 Å². The van der Waals surface area contributed by atoms with E-state index in [2.05, 4.69) is 11.0 Å².